The largest absolute Gasteiger partial charge is 0.309 e. The van der Waals surface area contributed by atoms with Gasteiger partial charge in [-0.1, -0.05) is 109 Å². The first-order valence-electron chi connectivity index (χ1n) is 12.1. The van der Waals surface area contributed by atoms with Crippen LogP contribution in [-0.4, -0.2) is 4.57 Å². The van der Waals surface area contributed by atoms with Gasteiger partial charge in [0.15, 0.2) is 0 Å². The van der Waals surface area contributed by atoms with E-state index >= 15 is 0 Å². The van der Waals surface area contributed by atoms with Crippen LogP contribution in [0.5, 0.6) is 0 Å². The first-order valence-corrected chi connectivity index (χ1v) is 12.5. The van der Waals surface area contributed by atoms with Crippen molar-refractivity contribution in [3.05, 3.63) is 138 Å². The predicted molar refractivity (Wildman–Crippen MR) is 154 cm³/mol. The summed E-state index contributed by atoms with van der Waals surface area (Å²) in [6.45, 7) is 0. The lowest BCUT2D eigenvalue weighted by molar-refractivity contribution is 1.18. The van der Waals surface area contributed by atoms with Crippen molar-refractivity contribution in [1.82, 2.24) is 4.57 Å². The number of fused-ring (bicyclic) bond motifs is 5. The molecular weight excluding hydrogens is 458 g/mol. The van der Waals surface area contributed by atoms with Crippen molar-refractivity contribution in [2.75, 3.05) is 0 Å². The summed E-state index contributed by atoms with van der Waals surface area (Å²) in [4.78, 5) is 0. The second-order valence-electron chi connectivity index (χ2n) is 9.14. The van der Waals surface area contributed by atoms with E-state index in [0.717, 1.165) is 10.6 Å². The average Bonchev–Trinajstić information content (AvgIpc) is 3.28. The maximum atomic E-state index is 6.17. The summed E-state index contributed by atoms with van der Waals surface area (Å²) in [6.07, 6.45) is 0. The van der Waals surface area contributed by atoms with Crippen molar-refractivity contribution in [3.8, 4) is 27.9 Å². The van der Waals surface area contributed by atoms with Crippen LogP contribution in [0.15, 0.2) is 133 Å². The fourth-order valence-electron chi connectivity index (χ4n) is 5.40. The first kappa shape index (κ1) is 21.0. The third-order valence-electron chi connectivity index (χ3n) is 7.06. The van der Waals surface area contributed by atoms with Crippen molar-refractivity contribution < 1.29 is 0 Å². The minimum atomic E-state index is 0.746. The summed E-state index contributed by atoms with van der Waals surface area (Å²) >= 11 is 6.17. The number of nitrogens with zero attached hydrogens (tertiary/aromatic N) is 1. The number of benzene rings is 6. The monoisotopic (exact) mass is 479 g/mol. The van der Waals surface area contributed by atoms with E-state index in [0.29, 0.717) is 0 Å². The van der Waals surface area contributed by atoms with Gasteiger partial charge in [-0.15, -0.1) is 0 Å². The Kier molecular flexibility index (Phi) is 4.90. The molecule has 0 radical (unpaired) electrons. The molecule has 1 aromatic heterocycles. The van der Waals surface area contributed by atoms with Gasteiger partial charge in [0.2, 0.25) is 0 Å². The zero-order chi connectivity index (χ0) is 24.1. The number of hydrogen-bond acceptors (Lipinski definition) is 0. The number of para-hydroxylation sites is 1. The average molecular weight is 480 g/mol. The van der Waals surface area contributed by atoms with Gasteiger partial charge in [0.25, 0.3) is 0 Å². The molecule has 36 heavy (non-hydrogen) atoms. The second-order valence-corrected chi connectivity index (χ2v) is 9.57. The van der Waals surface area contributed by atoms with Gasteiger partial charge in [-0.2, -0.15) is 0 Å². The molecule has 0 fully saturated rings. The van der Waals surface area contributed by atoms with Gasteiger partial charge >= 0.3 is 0 Å². The third-order valence-corrected chi connectivity index (χ3v) is 7.31. The van der Waals surface area contributed by atoms with Gasteiger partial charge in [-0.05, 0) is 63.9 Å². The highest BCUT2D eigenvalue weighted by atomic mass is 35.5. The predicted octanol–water partition coefficient (Wildman–Crippen LogP) is 9.92. The maximum Gasteiger partial charge on any atom is 0.0547 e. The van der Waals surface area contributed by atoms with Crippen molar-refractivity contribution in [3.63, 3.8) is 0 Å². The van der Waals surface area contributed by atoms with Crippen LogP contribution < -0.4 is 0 Å². The van der Waals surface area contributed by atoms with E-state index < -0.39 is 0 Å². The smallest absolute Gasteiger partial charge is 0.0547 e. The lowest BCUT2D eigenvalue weighted by Crippen LogP contribution is -1.98. The van der Waals surface area contributed by atoms with Crippen LogP contribution in [-0.2, 0) is 0 Å². The summed E-state index contributed by atoms with van der Waals surface area (Å²) < 4.78 is 2.42. The fraction of sp³-hybridized carbons (Fsp3) is 0. The second kappa shape index (κ2) is 8.41. The van der Waals surface area contributed by atoms with Crippen molar-refractivity contribution in [2.45, 2.75) is 0 Å². The molecule has 6 aromatic carbocycles. The Labute approximate surface area is 214 Å². The minimum Gasteiger partial charge on any atom is -0.309 e. The standard InChI is InChI=1S/C34H22ClN/c35-27-18-14-23(15-19-27)26-17-20-32(30(22-26)24-8-2-1-3-9-24)36-31-13-7-6-12-29(31)34-28-11-5-4-10-25(28)16-21-33(34)36/h1-22H. The normalized spacial score (nSPS) is 11.5. The summed E-state index contributed by atoms with van der Waals surface area (Å²) in [6, 6.07) is 47.4. The lowest BCUT2D eigenvalue weighted by atomic mass is 9.97. The molecule has 0 bridgehead atoms. The fourth-order valence-corrected chi connectivity index (χ4v) is 5.53. The SMILES string of the molecule is Clc1ccc(-c2ccc(-n3c4ccccc4c4c5ccccc5ccc43)c(-c3ccccc3)c2)cc1. The van der Waals surface area contributed by atoms with E-state index in [4.69, 9.17) is 11.6 Å². The summed E-state index contributed by atoms with van der Waals surface area (Å²) in [5, 5.41) is 5.85. The zero-order valence-corrected chi connectivity index (χ0v) is 20.3. The highest BCUT2D eigenvalue weighted by Crippen LogP contribution is 2.40. The topological polar surface area (TPSA) is 4.93 Å². The van der Waals surface area contributed by atoms with Crippen LogP contribution in [0.4, 0.5) is 0 Å². The molecule has 0 unspecified atom stereocenters. The van der Waals surface area contributed by atoms with Gasteiger partial charge in [0.1, 0.15) is 0 Å². The van der Waals surface area contributed by atoms with E-state index in [9.17, 15) is 0 Å². The van der Waals surface area contributed by atoms with E-state index in [1.165, 1.54) is 55.0 Å². The molecule has 1 nitrogen and oxygen atoms in total. The molecule has 0 saturated carbocycles. The molecule has 0 saturated heterocycles. The summed E-state index contributed by atoms with van der Waals surface area (Å²) in [5.41, 5.74) is 8.29. The summed E-state index contributed by atoms with van der Waals surface area (Å²) in [5.74, 6) is 0. The molecule has 0 aliphatic rings. The van der Waals surface area contributed by atoms with Crippen LogP contribution in [0.1, 0.15) is 0 Å². The van der Waals surface area contributed by atoms with Crippen molar-refractivity contribution in [1.29, 1.82) is 0 Å². The number of hydrogen-bond donors (Lipinski definition) is 0. The summed E-state index contributed by atoms with van der Waals surface area (Å²) in [7, 11) is 0. The Morgan fingerprint density at radius 1 is 0.472 bits per heavy atom. The Balaban J connectivity index is 1.58. The molecule has 170 valence electrons. The highest BCUT2D eigenvalue weighted by Gasteiger charge is 2.17. The van der Waals surface area contributed by atoms with Crippen LogP contribution in [0.3, 0.4) is 0 Å². The van der Waals surface area contributed by atoms with E-state index in [1.807, 2.05) is 12.1 Å². The first-order chi connectivity index (χ1) is 17.8. The van der Waals surface area contributed by atoms with Crippen molar-refractivity contribution in [2.24, 2.45) is 0 Å². The van der Waals surface area contributed by atoms with Gasteiger partial charge < -0.3 is 4.57 Å². The zero-order valence-electron chi connectivity index (χ0n) is 19.5. The molecule has 0 amide bonds. The molecule has 7 aromatic rings. The molecule has 7 rings (SSSR count). The Bertz CT molecular complexity index is 1880. The maximum absolute atomic E-state index is 6.17. The van der Waals surface area contributed by atoms with Gasteiger partial charge in [-0.25, -0.2) is 0 Å². The molecule has 1 heterocycles. The number of halogens is 1. The van der Waals surface area contributed by atoms with Crippen LogP contribution in [0.2, 0.25) is 5.02 Å². The van der Waals surface area contributed by atoms with E-state index in [2.05, 4.69) is 126 Å². The van der Waals surface area contributed by atoms with Crippen LogP contribution >= 0.6 is 11.6 Å². The molecule has 0 aliphatic heterocycles. The van der Waals surface area contributed by atoms with Crippen LogP contribution in [0, 0.1) is 0 Å². The molecule has 2 heteroatoms. The minimum absolute atomic E-state index is 0.746. The molecule has 0 atom stereocenters. The quantitative estimate of drug-likeness (QED) is 0.237. The molecular formula is C34H22ClN. The number of aromatic nitrogens is 1. The molecule has 0 N–H and O–H groups in total. The van der Waals surface area contributed by atoms with Crippen LogP contribution in [0.25, 0.3) is 60.5 Å². The van der Waals surface area contributed by atoms with Gasteiger partial charge in [0, 0.05) is 21.4 Å². The number of rotatable bonds is 3. The van der Waals surface area contributed by atoms with E-state index in [1.54, 1.807) is 0 Å². The highest BCUT2D eigenvalue weighted by molar-refractivity contribution is 6.30. The van der Waals surface area contributed by atoms with Crippen molar-refractivity contribution >= 4 is 44.2 Å². The van der Waals surface area contributed by atoms with Gasteiger partial charge in [-0.3, -0.25) is 0 Å². The lowest BCUT2D eigenvalue weighted by Gasteiger charge is -2.16. The Hall–Kier alpha value is -4.33. The Morgan fingerprint density at radius 2 is 1.17 bits per heavy atom. The third kappa shape index (κ3) is 3.32. The van der Waals surface area contributed by atoms with E-state index in [-0.39, 0.29) is 0 Å². The Morgan fingerprint density at radius 3 is 2.00 bits per heavy atom. The molecule has 0 spiro atoms. The molecule has 0 aliphatic carbocycles. The van der Waals surface area contributed by atoms with Gasteiger partial charge in [0.05, 0.1) is 16.7 Å².